The Morgan fingerprint density at radius 1 is 0.895 bits per heavy atom. The summed E-state index contributed by atoms with van der Waals surface area (Å²) in [6.07, 6.45) is 0. The first-order chi connectivity index (χ1) is 18.4. The topological polar surface area (TPSA) is 174 Å². The largest absolute Gasteiger partial charge is 0.385 e. The number of amidine groups is 1. The third kappa shape index (κ3) is 5.57. The lowest BCUT2D eigenvalue weighted by Crippen LogP contribution is -2.19. The highest BCUT2D eigenvalue weighted by molar-refractivity contribution is 8.00. The van der Waals surface area contributed by atoms with E-state index in [1.165, 1.54) is 0 Å². The summed E-state index contributed by atoms with van der Waals surface area (Å²) in [5.41, 5.74) is 8.75. The van der Waals surface area contributed by atoms with Crippen molar-refractivity contribution in [2.75, 3.05) is 11.1 Å². The molecule has 1 aromatic heterocycles. The van der Waals surface area contributed by atoms with Gasteiger partial charge in [0.05, 0.1) is 16.3 Å². The molecule has 9 nitrogen and oxygen atoms in total. The number of nitrogens with two attached hydrogens (primary N) is 2. The summed E-state index contributed by atoms with van der Waals surface area (Å²) in [6, 6.07) is 27.5. The minimum atomic E-state index is -0.610. The summed E-state index contributed by atoms with van der Waals surface area (Å²) in [5.74, 6) is 5.25. The molecule has 1 heterocycles. The van der Waals surface area contributed by atoms with Crippen LogP contribution in [0.15, 0.2) is 93.8 Å². The van der Waals surface area contributed by atoms with Gasteiger partial charge in [-0.15, -0.1) is 0 Å². The molecule has 1 amide bonds. The van der Waals surface area contributed by atoms with Gasteiger partial charge in [-0.2, -0.15) is 15.6 Å². The number of aromatic nitrogens is 1. The summed E-state index contributed by atoms with van der Waals surface area (Å²) in [5, 5.41) is 26.0. The van der Waals surface area contributed by atoms with Gasteiger partial charge in [-0.3, -0.25) is 9.59 Å². The Morgan fingerprint density at radius 2 is 1.47 bits per heavy atom. The summed E-state index contributed by atoms with van der Waals surface area (Å²) >= 11 is 1.09. The van der Waals surface area contributed by atoms with Gasteiger partial charge in [0, 0.05) is 16.8 Å². The zero-order chi connectivity index (χ0) is 27.1. The molecule has 0 fully saturated rings. The first-order valence-electron chi connectivity index (χ1n) is 11.3. The number of aromatic amines is 1. The number of carbonyl (C=O) groups excluding carboxylic acids is 1. The number of hydrogen-bond donors (Lipinski definition) is 4. The Hall–Kier alpha value is -5.32. The van der Waals surface area contributed by atoms with Crippen LogP contribution in [0.2, 0.25) is 0 Å². The Morgan fingerprint density at radius 3 is 2.05 bits per heavy atom. The average molecular weight is 520 g/mol. The quantitative estimate of drug-likeness (QED) is 0.0937. The van der Waals surface area contributed by atoms with E-state index in [9.17, 15) is 20.1 Å². The molecule has 0 saturated heterocycles. The van der Waals surface area contributed by atoms with E-state index in [4.69, 9.17) is 11.6 Å². The number of nitriles is 2. The Bertz CT molecular complexity index is 1650. The molecule has 4 aromatic rings. The van der Waals surface area contributed by atoms with Gasteiger partial charge < -0.3 is 21.9 Å². The molecule has 3 aromatic carbocycles. The number of anilines is 1. The predicted molar refractivity (Wildman–Crippen MR) is 148 cm³/mol. The number of pyridine rings is 1. The molecule has 0 bridgehead atoms. The molecular weight excluding hydrogens is 498 g/mol. The monoisotopic (exact) mass is 519 g/mol. The van der Waals surface area contributed by atoms with E-state index in [1.54, 1.807) is 24.3 Å². The molecule has 0 spiro atoms. The Labute approximate surface area is 222 Å². The summed E-state index contributed by atoms with van der Waals surface area (Å²) in [7, 11) is 0. The molecule has 0 aliphatic heterocycles. The third-order valence-corrected chi connectivity index (χ3v) is 6.66. The molecule has 6 N–H and O–H groups in total. The maximum absolute atomic E-state index is 12.6. The Balaban J connectivity index is 1.62. The maximum atomic E-state index is 12.6. The lowest BCUT2D eigenvalue weighted by atomic mass is 9.95. The van der Waals surface area contributed by atoms with Crippen LogP contribution in [-0.4, -0.2) is 22.5 Å². The van der Waals surface area contributed by atoms with E-state index in [0.29, 0.717) is 16.8 Å². The van der Waals surface area contributed by atoms with Crippen LogP contribution >= 0.6 is 11.8 Å². The van der Waals surface area contributed by atoms with Crippen molar-refractivity contribution in [1.29, 1.82) is 10.5 Å². The first kappa shape index (κ1) is 25.8. The molecule has 4 rings (SSSR count). The van der Waals surface area contributed by atoms with E-state index < -0.39 is 5.56 Å². The van der Waals surface area contributed by atoms with Gasteiger partial charge in [-0.05, 0) is 41.0 Å². The van der Waals surface area contributed by atoms with Crippen LogP contribution in [0.3, 0.4) is 0 Å². The van der Waals surface area contributed by atoms with Crippen LogP contribution in [0.25, 0.3) is 22.3 Å². The number of H-pyrrole nitrogens is 1. The summed E-state index contributed by atoms with van der Waals surface area (Å²) < 4.78 is 0. The van der Waals surface area contributed by atoms with Crippen molar-refractivity contribution in [3.8, 4) is 34.4 Å². The van der Waals surface area contributed by atoms with Crippen LogP contribution in [0.1, 0.15) is 21.5 Å². The molecular formula is C28H21N7O2S. The van der Waals surface area contributed by atoms with E-state index >= 15 is 0 Å². The second kappa shape index (κ2) is 11.6. The molecule has 0 aliphatic carbocycles. The number of nitrogens with one attached hydrogen (secondary N) is 2. The van der Waals surface area contributed by atoms with Crippen molar-refractivity contribution in [3.63, 3.8) is 0 Å². The fraction of sp³-hybridized carbons (Fsp3) is 0.0357. The van der Waals surface area contributed by atoms with Crippen LogP contribution in [0.5, 0.6) is 0 Å². The number of benzene rings is 3. The zero-order valence-electron chi connectivity index (χ0n) is 19.9. The van der Waals surface area contributed by atoms with Crippen LogP contribution in [0.4, 0.5) is 5.69 Å². The lowest BCUT2D eigenvalue weighted by molar-refractivity contribution is 0.102. The van der Waals surface area contributed by atoms with Gasteiger partial charge in [-0.1, -0.05) is 66.4 Å². The average Bonchev–Trinajstić information content (AvgIpc) is 2.96. The molecule has 0 aliphatic rings. The number of carbonyl (C=O) groups is 1. The van der Waals surface area contributed by atoms with Gasteiger partial charge in [0.2, 0.25) is 0 Å². The number of nitrogens with zero attached hydrogens (tertiary/aromatic N) is 3. The minimum absolute atomic E-state index is 0.138. The smallest absolute Gasteiger partial charge is 0.267 e. The number of hydrazone groups is 1. The number of rotatable bonds is 7. The van der Waals surface area contributed by atoms with Gasteiger partial charge >= 0.3 is 0 Å². The maximum Gasteiger partial charge on any atom is 0.267 e. The highest BCUT2D eigenvalue weighted by Gasteiger charge is 2.20. The second-order valence-corrected chi connectivity index (χ2v) is 9.00. The molecule has 10 heteroatoms. The normalized spacial score (nSPS) is 10.8. The molecule has 186 valence electrons. The highest BCUT2D eigenvalue weighted by Crippen LogP contribution is 2.32. The standard InChI is InChI=1S/C28H21N7O2S/c29-14-22-25(23(15-30)28(34-27(22)37)38-16-24(31)35-32)19-10-6-17(7-11-19)18-8-12-20(13-9-18)26(36)33-21-4-2-1-3-5-21/h1-13H,16,32H2,(H2,31,35)(H,33,36)(H,34,37). The SMILES string of the molecule is N#Cc1c(SC/C(N)=N/N)[nH]c(=O)c(C#N)c1-c1ccc(-c2ccc(C(=O)Nc3ccccc3)cc2)cc1. The highest BCUT2D eigenvalue weighted by atomic mass is 32.2. The van der Waals surface area contributed by atoms with Crippen LogP contribution < -0.4 is 22.5 Å². The van der Waals surface area contributed by atoms with Gasteiger partial charge in [0.25, 0.3) is 11.5 Å². The second-order valence-electron chi connectivity index (χ2n) is 8.02. The van der Waals surface area contributed by atoms with Crippen LogP contribution in [-0.2, 0) is 0 Å². The fourth-order valence-electron chi connectivity index (χ4n) is 3.74. The minimum Gasteiger partial charge on any atom is -0.385 e. The first-order valence-corrected chi connectivity index (χ1v) is 12.3. The predicted octanol–water partition coefficient (Wildman–Crippen LogP) is 4.03. The number of amides is 1. The lowest BCUT2D eigenvalue weighted by Gasteiger charge is -2.12. The molecule has 38 heavy (non-hydrogen) atoms. The Kier molecular flexibility index (Phi) is 7.87. The van der Waals surface area contributed by atoms with Crippen molar-refractivity contribution in [1.82, 2.24) is 4.98 Å². The summed E-state index contributed by atoms with van der Waals surface area (Å²) in [6.45, 7) is 0. The van der Waals surface area contributed by atoms with Crippen LogP contribution in [0, 0.1) is 22.7 Å². The van der Waals surface area contributed by atoms with Crippen molar-refractivity contribution in [2.45, 2.75) is 5.03 Å². The third-order valence-electron chi connectivity index (χ3n) is 5.62. The molecule has 0 radical (unpaired) electrons. The van der Waals surface area contributed by atoms with Crippen molar-refractivity contribution in [2.24, 2.45) is 16.7 Å². The molecule has 0 saturated carbocycles. The number of thioether (sulfide) groups is 1. The van der Waals surface area contributed by atoms with E-state index in [0.717, 1.165) is 22.9 Å². The molecule has 0 atom stereocenters. The van der Waals surface area contributed by atoms with Crippen molar-refractivity contribution in [3.05, 3.63) is 106 Å². The van der Waals surface area contributed by atoms with Crippen molar-refractivity contribution < 1.29 is 4.79 Å². The number of hydrogen-bond acceptors (Lipinski definition) is 7. The summed E-state index contributed by atoms with van der Waals surface area (Å²) in [4.78, 5) is 27.7. The number of para-hydroxylation sites is 1. The zero-order valence-corrected chi connectivity index (χ0v) is 20.8. The van der Waals surface area contributed by atoms with E-state index in [1.807, 2.05) is 60.7 Å². The van der Waals surface area contributed by atoms with E-state index in [2.05, 4.69) is 21.5 Å². The fourth-order valence-corrected chi connectivity index (χ4v) is 4.57. The van der Waals surface area contributed by atoms with Gasteiger partial charge in [0.1, 0.15) is 23.5 Å². The van der Waals surface area contributed by atoms with Gasteiger partial charge in [-0.25, -0.2) is 0 Å². The van der Waals surface area contributed by atoms with Gasteiger partial charge in [0.15, 0.2) is 0 Å². The van der Waals surface area contributed by atoms with Crippen molar-refractivity contribution >= 4 is 29.2 Å². The molecule has 0 unspecified atom stereocenters. The van der Waals surface area contributed by atoms with E-state index in [-0.39, 0.29) is 39.2 Å².